The third kappa shape index (κ3) is 19.4. The number of hydrogen-bond acceptors (Lipinski definition) is 2. The Morgan fingerprint density at radius 1 is 0.647 bits per heavy atom. The molecule has 0 aliphatic rings. The van der Waals surface area contributed by atoms with Crippen molar-refractivity contribution < 1.29 is 40.8 Å². The van der Waals surface area contributed by atoms with Gasteiger partial charge < -0.3 is 1.43 Å². The van der Waals surface area contributed by atoms with Crippen LogP contribution in [0, 0.1) is 0 Å². The fourth-order valence-electron chi connectivity index (χ4n) is 1.79. The Morgan fingerprint density at radius 2 is 1.12 bits per heavy atom. The molecular formula is C14H31NaO2. The van der Waals surface area contributed by atoms with Gasteiger partial charge in [0.25, 0.3) is 0 Å². The standard InChI is InChI=1S/C14H30O2.Na.H/c1-3-5-6-7-8-9-10-11-12-13-14-16-15-4-2;;/h3-14H2,1-2H3;;/q;+1;-1. The van der Waals surface area contributed by atoms with E-state index in [9.17, 15) is 0 Å². The Morgan fingerprint density at radius 3 is 1.59 bits per heavy atom. The zero-order chi connectivity index (χ0) is 11.9. The van der Waals surface area contributed by atoms with Crippen LogP contribution in [0.5, 0.6) is 0 Å². The van der Waals surface area contributed by atoms with Gasteiger partial charge in [-0.25, -0.2) is 9.78 Å². The summed E-state index contributed by atoms with van der Waals surface area (Å²) in [6.45, 7) is 5.62. The van der Waals surface area contributed by atoms with Gasteiger partial charge in [-0.05, 0) is 13.3 Å². The molecule has 0 aromatic carbocycles. The minimum atomic E-state index is 0. The van der Waals surface area contributed by atoms with Crippen LogP contribution in [-0.4, -0.2) is 13.2 Å². The zero-order valence-corrected chi connectivity index (χ0v) is 14.3. The Labute approximate surface area is 132 Å². The smallest absolute Gasteiger partial charge is 1.00 e. The van der Waals surface area contributed by atoms with Gasteiger partial charge in [-0.2, -0.15) is 0 Å². The SMILES string of the molecule is CCCCCCCCCCCCOOCC.[H-].[Na+]. The second-order valence-corrected chi connectivity index (χ2v) is 4.41. The van der Waals surface area contributed by atoms with Crippen LogP contribution < -0.4 is 29.6 Å². The molecule has 0 fully saturated rings. The topological polar surface area (TPSA) is 18.5 Å². The molecule has 0 saturated carbocycles. The largest absolute Gasteiger partial charge is 1.00 e. The van der Waals surface area contributed by atoms with Crippen LogP contribution in [-0.2, 0) is 9.78 Å². The minimum absolute atomic E-state index is 0. The van der Waals surface area contributed by atoms with E-state index in [4.69, 9.17) is 9.78 Å². The summed E-state index contributed by atoms with van der Waals surface area (Å²) in [5, 5.41) is 0. The van der Waals surface area contributed by atoms with Gasteiger partial charge in [0.05, 0.1) is 13.2 Å². The molecule has 0 spiro atoms. The molecule has 0 amide bonds. The van der Waals surface area contributed by atoms with Crippen molar-refractivity contribution in [1.82, 2.24) is 0 Å². The van der Waals surface area contributed by atoms with Crippen molar-refractivity contribution in [2.75, 3.05) is 13.2 Å². The van der Waals surface area contributed by atoms with Crippen LogP contribution in [0.25, 0.3) is 0 Å². The average molecular weight is 254 g/mol. The zero-order valence-electron chi connectivity index (χ0n) is 13.3. The van der Waals surface area contributed by atoms with Gasteiger partial charge in [-0.15, -0.1) is 0 Å². The maximum absolute atomic E-state index is 4.95. The van der Waals surface area contributed by atoms with Crippen molar-refractivity contribution in [3.8, 4) is 0 Å². The Hall–Kier alpha value is 0.920. The summed E-state index contributed by atoms with van der Waals surface area (Å²) in [4.78, 5) is 9.77. The Balaban J connectivity index is -0.00000112. The molecule has 0 rings (SSSR count). The van der Waals surface area contributed by atoms with Crippen LogP contribution in [0.15, 0.2) is 0 Å². The first-order valence-corrected chi connectivity index (χ1v) is 7.16. The van der Waals surface area contributed by atoms with E-state index in [0.717, 1.165) is 13.0 Å². The van der Waals surface area contributed by atoms with E-state index in [2.05, 4.69) is 6.92 Å². The Bertz CT molecular complexity index is 112. The molecule has 2 nitrogen and oxygen atoms in total. The van der Waals surface area contributed by atoms with Crippen molar-refractivity contribution >= 4 is 0 Å². The molecule has 0 aliphatic heterocycles. The molecule has 0 radical (unpaired) electrons. The van der Waals surface area contributed by atoms with Gasteiger partial charge in [0.15, 0.2) is 0 Å². The number of unbranched alkanes of at least 4 members (excludes halogenated alkanes) is 9. The quantitative estimate of drug-likeness (QED) is 0.217. The van der Waals surface area contributed by atoms with Crippen LogP contribution in [0.1, 0.15) is 79.5 Å². The Kier molecular flexibility index (Phi) is 22.9. The van der Waals surface area contributed by atoms with Gasteiger partial charge in [0, 0.05) is 0 Å². The van der Waals surface area contributed by atoms with Crippen molar-refractivity contribution in [1.29, 1.82) is 0 Å². The molecule has 0 atom stereocenters. The summed E-state index contributed by atoms with van der Waals surface area (Å²) in [7, 11) is 0. The van der Waals surface area contributed by atoms with Gasteiger partial charge >= 0.3 is 29.6 Å². The van der Waals surface area contributed by atoms with E-state index in [-0.39, 0.29) is 31.0 Å². The normalized spacial score (nSPS) is 10.2. The summed E-state index contributed by atoms with van der Waals surface area (Å²) in [6.07, 6.45) is 13.6. The molecule has 100 valence electrons. The minimum Gasteiger partial charge on any atom is -1.00 e. The molecule has 0 N–H and O–H groups in total. The van der Waals surface area contributed by atoms with E-state index in [1.807, 2.05) is 6.92 Å². The molecule has 0 aromatic heterocycles. The maximum Gasteiger partial charge on any atom is 1.00 e. The molecule has 0 bridgehead atoms. The van der Waals surface area contributed by atoms with Crippen molar-refractivity contribution in [3.63, 3.8) is 0 Å². The number of rotatable bonds is 13. The molecule has 3 heteroatoms. The van der Waals surface area contributed by atoms with E-state index >= 15 is 0 Å². The molecular weight excluding hydrogens is 223 g/mol. The molecule has 0 heterocycles. The molecule has 0 saturated heterocycles. The van der Waals surface area contributed by atoms with Gasteiger partial charge in [0.1, 0.15) is 0 Å². The van der Waals surface area contributed by atoms with Crippen LogP contribution in [0.2, 0.25) is 0 Å². The monoisotopic (exact) mass is 254 g/mol. The summed E-state index contributed by atoms with van der Waals surface area (Å²) in [5.74, 6) is 0. The van der Waals surface area contributed by atoms with Crippen molar-refractivity contribution in [2.24, 2.45) is 0 Å². The predicted octanol–water partition coefficient (Wildman–Crippen LogP) is 1.99. The summed E-state index contributed by atoms with van der Waals surface area (Å²) >= 11 is 0. The van der Waals surface area contributed by atoms with E-state index in [1.54, 1.807) is 0 Å². The van der Waals surface area contributed by atoms with E-state index < -0.39 is 0 Å². The van der Waals surface area contributed by atoms with Crippen LogP contribution in [0.3, 0.4) is 0 Å². The fourth-order valence-corrected chi connectivity index (χ4v) is 1.79. The average Bonchev–Trinajstić information content (AvgIpc) is 2.31. The van der Waals surface area contributed by atoms with Crippen LogP contribution >= 0.6 is 0 Å². The van der Waals surface area contributed by atoms with Crippen molar-refractivity contribution in [3.05, 3.63) is 0 Å². The van der Waals surface area contributed by atoms with Gasteiger partial charge in [-0.1, -0.05) is 64.7 Å². The first-order valence-electron chi connectivity index (χ1n) is 7.16. The van der Waals surface area contributed by atoms with Gasteiger partial charge in [0.2, 0.25) is 0 Å². The first-order chi connectivity index (χ1) is 7.91. The maximum atomic E-state index is 4.95. The first kappa shape index (κ1) is 20.2. The molecule has 0 aliphatic carbocycles. The summed E-state index contributed by atoms with van der Waals surface area (Å²) in [6, 6.07) is 0. The second kappa shape index (κ2) is 19.3. The summed E-state index contributed by atoms with van der Waals surface area (Å²) < 4.78 is 0. The molecule has 0 aromatic rings. The summed E-state index contributed by atoms with van der Waals surface area (Å²) in [5.41, 5.74) is 0. The second-order valence-electron chi connectivity index (χ2n) is 4.41. The van der Waals surface area contributed by atoms with E-state index in [1.165, 1.54) is 57.8 Å². The van der Waals surface area contributed by atoms with Gasteiger partial charge in [-0.3, -0.25) is 0 Å². The third-order valence-electron chi connectivity index (χ3n) is 2.78. The van der Waals surface area contributed by atoms with E-state index in [0.29, 0.717) is 6.61 Å². The number of hydrogen-bond donors (Lipinski definition) is 0. The van der Waals surface area contributed by atoms with Crippen molar-refractivity contribution in [2.45, 2.75) is 78.1 Å². The van der Waals surface area contributed by atoms with Crippen LogP contribution in [0.4, 0.5) is 0 Å². The third-order valence-corrected chi connectivity index (χ3v) is 2.78. The predicted molar refractivity (Wildman–Crippen MR) is 70.5 cm³/mol. The fraction of sp³-hybridized carbons (Fsp3) is 1.00. The molecule has 17 heavy (non-hydrogen) atoms. The molecule has 0 unspecified atom stereocenters.